The Kier molecular flexibility index (Phi) is 6.47. The number of benzene rings is 2. The highest BCUT2D eigenvalue weighted by molar-refractivity contribution is 6.10. The minimum absolute atomic E-state index is 0.176. The summed E-state index contributed by atoms with van der Waals surface area (Å²) in [5, 5.41) is 3.18. The van der Waals surface area contributed by atoms with Gasteiger partial charge >= 0.3 is 0 Å². The maximum absolute atomic E-state index is 12.8. The number of hydrogen-bond donors (Lipinski definition) is 1. The second-order valence-electron chi connectivity index (χ2n) is 6.05. The number of para-hydroxylation sites is 1. The molecule has 0 bridgehead atoms. The number of hydrogen-bond acceptors (Lipinski definition) is 6. The maximum atomic E-state index is 12.8. The van der Waals surface area contributed by atoms with E-state index in [0.717, 1.165) is 11.3 Å². The number of rotatable bonds is 8. The van der Waals surface area contributed by atoms with Gasteiger partial charge < -0.3 is 19.5 Å². The molecule has 0 saturated heterocycles. The molecule has 148 valence electrons. The zero-order valence-electron chi connectivity index (χ0n) is 16.5. The van der Waals surface area contributed by atoms with Crippen molar-refractivity contribution >= 4 is 23.4 Å². The number of aromatic nitrogens is 1. The molecular weight excluding hydrogens is 368 g/mol. The molecule has 0 unspecified atom stereocenters. The zero-order chi connectivity index (χ0) is 20.6. The molecule has 1 aromatic heterocycles. The van der Waals surface area contributed by atoms with Crippen molar-refractivity contribution < 1.29 is 19.0 Å². The summed E-state index contributed by atoms with van der Waals surface area (Å²) in [6, 6.07) is 16.6. The number of anilines is 2. The fourth-order valence-corrected chi connectivity index (χ4v) is 2.82. The van der Waals surface area contributed by atoms with Gasteiger partial charge in [0.15, 0.2) is 17.3 Å². The first-order valence-corrected chi connectivity index (χ1v) is 8.95. The molecule has 29 heavy (non-hydrogen) atoms. The average Bonchev–Trinajstić information content (AvgIpc) is 2.77. The van der Waals surface area contributed by atoms with Crippen molar-refractivity contribution in [2.75, 3.05) is 26.6 Å². The Morgan fingerprint density at radius 3 is 2.24 bits per heavy atom. The number of methoxy groups -OCH3 is 3. The maximum Gasteiger partial charge on any atom is 0.203 e. The molecule has 0 saturated carbocycles. The predicted molar refractivity (Wildman–Crippen MR) is 113 cm³/mol. The molecule has 3 rings (SSSR count). The Bertz CT molecular complexity index is 991. The molecule has 3 aromatic rings. The van der Waals surface area contributed by atoms with Gasteiger partial charge in [0.1, 0.15) is 5.82 Å². The largest absolute Gasteiger partial charge is 0.493 e. The van der Waals surface area contributed by atoms with Gasteiger partial charge in [-0.05, 0) is 48.0 Å². The summed E-state index contributed by atoms with van der Waals surface area (Å²) in [7, 11) is 4.64. The topological polar surface area (TPSA) is 69.7 Å². The molecule has 2 aromatic carbocycles. The Hall–Kier alpha value is -3.80. The third kappa shape index (κ3) is 4.73. The third-order valence-corrected chi connectivity index (χ3v) is 4.22. The van der Waals surface area contributed by atoms with Crippen molar-refractivity contribution in [1.29, 1.82) is 0 Å². The van der Waals surface area contributed by atoms with Crippen LogP contribution < -0.4 is 19.5 Å². The lowest BCUT2D eigenvalue weighted by Gasteiger charge is -2.12. The van der Waals surface area contributed by atoms with Crippen LogP contribution in [0.15, 0.2) is 66.9 Å². The highest BCUT2D eigenvalue weighted by atomic mass is 16.5. The van der Waals surface area contributed by atoms with E-state index in [9.17, 15) is 4.79 Å². The minimum Gasteiger partial charge on any atom is -0.493 e. The van der Waals surface area contributed by atoms with Gasteiger partial charge in [-0.3, -0.25) is 4.79 Å². The first kappa shape index (κ1) is 19.9. The van der Waals surface area contributed by atoms with Crippen molar-refractivity contribution in [3.8, 4) is 17.2 Å². The standard InChI is InChI=1S/C23H22N2O4/c1-27-20-14-16(15-21(28-2)22(20)29-3)11-12-19(26)18-10-7-13-24-23(18)25-17-8-5-4-6-9-17/h4-15H,1-3H3,(H,24,25)/b12-11+. The van der Waals surface area contributed by atoms with E-state index in [2.05, 4.69) is 10.3 Å². The summed E-state index contributed by atoms with van der Waals surface area (Å²) in [4.78, 5) is 17.1. The lowest BCUT2D eigenvalue weighted by Crippen LogP contribution is -2.03. The van der Waals surface area contributed by atoms with Crippen LogP contribution in [-0.4, -0.2) is 32.1 Å². The van der Waals surface area contributed by atoms with Crippen molar-refractivity contribution in [2.24, 2.45) is 0 Å². The van der Waals surface area contributed by atoms with Crippen LogP contribution in [0.4, 0.5) is 11.5 Å². The van der Waals surface area contributed by atoms with Crippen LogP contribution in [0.25, 0.3) is 6.08 Å². The van der Waals surface area contributed by atoms with Gasteiger partial charge in [-0.1, -0.05) is 24.3 Å². The summed E-state index contributed by atoms with van der Waals surface area (Å²) in [6.07, 6.45) is 4.84. The second kappa shape index (κ2) is 9.41. The molecule has 0 atom stereocenters. The highest BCUT2D eigenvalue weighted by Crippen LogP contribution is 2.38. The number of pyridine rings is 1. The van der Waals surface area contributed by atoms with Gasteiger partial charge in [-0.25, -0.2) is 4.98 Å². The monoisotopic (exact) mass is 390 g/mol. The van der Waals surface area contributed by atoms with Crippen LogP contribution in [0.3, 0.4) is 0 Å². The number of ether oxygens (including phenoxy) is 3. The first-order chi connectivity index (χ1) is 14.2. The van der Waals surface area contributed by atoms with E-state index < -0.39 is 0 Å². The smallest absolute Gasteiger partial charge is 0.203 e. The molecule has 6 nitrogen and oxygen atoms in total. The minimum atomic E-state index is -0.176. The Morgan fingerprint density at radius 1 is 0.931 bits per heavy atom. The lowest BCUT2D eigenvalue weighted by atomic mass is 10.1. The van der Waals surface area contributed by atoms with E-state index in [4.69, 9.17) is 14.2 Å². The van der Waals surface area contributed by atoms with E-state index in [0.29, 0.717) is 28.6 Å². The van der Waals surface area contributed by atoms with Crippen LogP contribution >= 0.6 is 0 Å². The summed E-state index contributed by atoms with van der Waals surface area (Å²) >= 11 is 0. The Balaban J connectivity index is 1.87. The summed E-state index contributed by atoms with van der Waals surface area (Å²) in [5.41, 5.74) is 2.07. The molecule has 0 aliphatic rings. The van der Waals surface area contributed by atoms with Crippen LogP contribution in [0.2, 0.25) is 0 Å². The second-order valence-corrected chi connectivity index (χ2v) is 6.05. The SMILES string of the molecule is COc1cc(/C=C/C(=O)c2cccnc2Nc2ccccc2)cc(OC)c1OC. The van der Waals surface area contributed by atoms with Gasteiger partial charge in [0.25, 0.3) is 0 Å². The first-order valence-electron chi connectivity index (χ1n) is 8.95. The molecule has 1 N–H and O–H groups in total. The van der Waals surface area contributed by atoms with Crippen molar-refractivity contribution in [3.05, 3.63) is 78.0 Å². The number of carbonyl (C=O) groups excluding carboxylic acids is 1. The molecule has 1 heterocycles. The van der Waals surface area contributed by atoms with E-state index in [1.807, 2.05) is 30.3 Å². The van der Waals surface area contributed by atoms with Crippen LogP contribution in [0.1, 0.15) is 15.9 Å². The van der Waals surface area contributed by atoms with E-state index in [1.54, 1.807) is 57.9 Å². The van der Waals surface area contributed by atoms with Crippen LogP contribution in [0.5, 0.6) is 17.2 Å². The number of nitrogens with one attached hydrogen (secondary N) is 1. The van der Waals surface area contributed by atoms with Crippen molar-refractivity contribution in [1.82, 2.24) is 4.98 Å². The highest BCUT2D eigenvalue weighted by Gasteiger charge is 2.13. The van der Waals surface area contributed by atoms with Gasteiger partial charge in [0, 0.05) is 11.9 Å². The molecular formula is C23H22N2O4. The van der Waals surface area contributed by atoms with Crippen molar-refractivity contribution in [3.63, 3.8) is 0 Å². The number of carbonyl (C=O) groups is 1. The Morgan fingerprint density at radius 2 is 1.62 bits per heavy atom. The molecule has 0 aliphatic carbocycles. The number of nitrogens with zero attached hydrogens (tertiary/aromatic N) is 1. The summed E-state index contributed by atoms with van der Waals surface area (Å²) in [6.45, 7) is 0. The lowest BCUT2D eigenvalue weighted by molar-refractivity contribution is 0.104. The normalized spacial score (nSPS) is 10.6. The zero-order valence-corrected chi connectivity index (χ0v) is 16.5. The van der Waals surface area contributed by atoms with E-state index in [-0.39, 0.29) is 5.78 Å². The summed E-state index contributed by atoms with van der Waals surface area (Å²) < 4.78 is 16.0. The molecule has 0 aliphatic heterocycles. The van der Waals surface area contributed by atoms with Gasteiger partial charge in [0.05, 0.1) is 26.9 Å². The van der Waals surface area contributed by atoms with Crippen molar-refractivity contribution in [2.45, 2.75) is 0 Å². The summed E-state index contributed by atoms with van der Waals surface area (Å²) in [5.74, 6) is 1.86. The molecule has 0 amide bonds. The third-order valence-electron chi connectivity index (χ3n) is 4.22. The molecule has 0 radical (unpaired) electrons. The van der Waals surface area contributed by atoms with E-state index >= 15 is 0 Å². The Labute approximate surface area is 169 Å². The molecule has 0 spiro atoms. The predicted octanol–water partition coefficient (Wildman–Crippen LogP) is 4.75. The van der Waals surface area contributed by atoms with Gasteiger partial charge in [-0.2, -0.15) is 0 Å². The average molecular weight is 390 g/mol. The number of ketones is 1. The molecule has 6 heteroatoms. The quantitative estimate of drug-likeness (QED) is 0.442. The van der Waals surface area contributed by atoms with Gasteiger partial charge in [0.2, 0.25) is 5.75 Å². The number of allylic oxidation sites excluding steroid dienone is 1. The van der Waals surface area contributed by atoms with Crippen LogP contribution in [0, 0.1) is 0 Å². The van der Waals surface area contributed by atoms with Crippen LogP contribution in [-0.2, 0) is 0 Å². The fourth-order valence-electron chi connectivity index (χ4n) is 2.82. The fraction of sp³-hybridized carbons (Fsp3) is 0.130. The van der Waals surface area contributed by atoms with Gasteiger partial charge in [-0.15, -0.1) is 0 Å². The van der Waals surface area contributed by atoms with E-state index in [1.165, 1.54) is 6.08 Å². The molecule has 0 fully saturated rings.